The molecule has 142 valence electrons. The van der Waals surface area contributed by atoms with Crippen LogP contribution in [0, 0.1) is 5.92 Å². The molecule has 0 radical (unpaired) electrons. The molecule has 0 atom stereocenters. The third-order valence-electron chi connectivity index (χ3n) is 5.03. The molecular weight excluding hydrogens is 328 g/mol. The van der Waals surface area contributed by atoms with E-state index in [1.54, 1.807) is 0 Å². The van der Waals surface area contributed by atoms with Crippen molar-refractivity contribution >= 4 is 10.9 Å². The van der Waals surface area contributed by atoms with Crippen LogP contribution >= 0.6 is 0 Å². The highest BCUT2D eigenvalue weighted by Crippen LogP contribution is 2.32. The van der Waals surface area contributed by atoms with Crippen LogP contribution in [-0.4, -0.2) is 9.97 Å². The zero-order valence-corrected chi connectivity index (χ0v) is 17.8. The predicted molar refractivity (Wildman–Crippen MR) is 116 cm³/mol. The molecule has 3 rings (SSSR count). The molecule has 2 heterocycles. The second-order valence-corrected chi connectivity index (χ2v) is 9.37. The molecule has 0 fully saturated rings. The number of hydrogen-bond acceptors (Lipinski definition) is 2. The highest BCUT2D eigenvalue weighted by atomic mass is 14.7. The van der Waals surface area contributed by atoms with Crippen molar-refractivity contribution in [2.75, 3.05) is 0 Å². The van der Waals surface area contributed by atoms with Crippen LogP contribution in [0.15, 0.2) is 42.6 Å². The summed E-state index contributed by atoms with van der Waals surface area (Å²) < 4.78 is 0. The van der Waals surface area contributed by atoms with Crippen LogP contribution in [0.25, 0.3) is 22.2 Å². The van der Waals surface area contributed by atoms with Crippen LogP contribution < -0.4 is 0 Å². The van der Waals surface area contributed by atoms with Gasteiger partial charge in [0, 0.05) is 22.8 Å². The number of benzene rings is 1. The minimum absolute atomic E-state index is 0.100. The zero-order valence-electron chi connectivity index (χ0n) is 17.8. The highest BCUT2D eigenvalue weighted by Gasteiger charge is 2.17. The van der Waals surface area contributed by atoms with Crippen molar-refractivity contribution in [2.45, 2.75) is 66.2 Å². The smallest absolute Gasteiger partial charge is 0.0711 e. The van der Waals surface area contributed by atoms with Gasteiger partial charge in [-0.3, -0.25) is 9.97 Å². The fourth-order valence-electron chi connectivity index (χ4n) is 3.58. The molecule has 3 aromatic rings. The Kier molecular flexibility index (Phi) is 5.37. The molecule has 2 nitrogen and oxygen atoms in total. The van der Waals surface area contributed by atoms with Gasteiger partial charge in [-0.05, 0) is 59.1 Å². The predicted octanol–water partition coefficient (Wildman–Crippen LogP) is 6.92. The van der Waals surface area contributed by atoms with Gasteiger partial charge in [0.2, 0.25) is 0 Å². The Morgan fingerprint density at radius 1 is 0.926 bits per heavy atom. The molecule has 0 N–H and O–H groups in total. The molecule has 0 spiro atoms. The highest BCUT2D eigenvalue weighted by molar-refractivity contribution is 5.87. The van der Waals surface area contributed by atoms with Crippen LogP contribution in [0.1, 0.15) is 71.2 Å². The second kappa shape index (κ2) is 7.42. The minimum Gasteiger partial charge on any atom is -0.256 e. The lowest BCUT2D eigenvalue weighted by Gasteiger charge is -2.21. The summed E-state index contributed by atoms with van der Waals surface area (Å²) in [5, 5.41) is 1.23. The Labute approximate surface area is 164 Å². The van der Waals surface area contributed by atoms with Crippen molar-refractivity contribution < 1.29 is 0 Å². The van der Waals surface area contributed by atoms with E-state index in [4.69, 9.17) is 4.98 Å². The first-order valence-corrected chi connectivity index (χ1v) is 10.1. The van der Waals surface area contributed by atoms with E-state index in [0.717, 1.165) is 23.2 Å². The van der Waals surface area contributed by atoms with Crippen LogP contribution in [0.5, 0.6) is 0 Å². The topological polar surface area (TPSA) is 25.8 Å². The molecule has 0 aliphatic heterocycles. The van der Waals surface area contributed by atoms with Crippen LogP contribution in [0.3, 0.4) is 0 Å². The van der Waals surface area contributed by atoms with Gasteiger partial charge >= 0.3 is 0 Å². The first-order valence-electron chi connectivity index (χ1n) is 10.1. The summed E-state index contributed by atoms with van der Waals surface area (Å²) in [5.41, 5.74) is 7.22. The Hall–Kier alpha value is -2.22. The normalized spacial score (nSPS) is 12.3. The average molecular weight is 361 g/mol. The van der Waals surface area contributed by atoms with E-state index in [0.29, 0.717) is 11.8 Å². The molecule has 0 bridgehead atoms. The van der Waals surface area contributed by atoms with E-state index in [2.05, 4.69) is 89.8 Å². The van der Waals surface area contributed by atoms with E-state index in [9.17, 15) is 0 Å². The quantitative estimate of drug-likeness (QED) is 0.505. The molecular formula is C25H32N2. The molecule has 0 aliphatic rings. The van der Waals surface area contributed by atoms with Gasteiger partial charge in [-0.1, -0.05) is 60.6 Å². The largest absolute Gasteiger partial charge is 0.256 e. The molecule has 27 heavy (non-hydrogen) atoms. The van der Waals surface area contributed by atoms with Gasteiger partial charge < -0.3 is 0 Å². The van der Waals surface area contributed by atoms with E-state index in [1.165, 1.54) is 22.2 Å². The van der Waals surface area contributed by atoms with Gasteiger partial charge in [-0.15, -0.1) is 0 Å². The van der Waals surface area contributed by atoms with E-state index in [-0.39, 0.29) is 5.41 Å². The first-order chi connectivity index (χ1) is 12.6. The summed E-state index contributed by atoms with van der Waals surface area (Å²) in [7, 11) is 0. The van der Waals surface area contributed by atoms with Gasteiger partial charge in [-0.25, -0.2) is 0 Å². The number of fused-ring (bicyclic) bond motifs is 1. The van der Waals surface area contributed by atoms with Crippen molar-refractivity contribution in [1.29, 1.82) is 0 Å². The molecule has 2 heteroatoms. The molecule has 0 saturated heterocycles. The summed E-state index contributed by atoms with van der Waals surface area (Å²) in [5.74, 6) is 1.09. The van der Waals surface area contributed by atoms with Crippen molar-refractivity contribution in [2.24, 2.45) is 5.92 Å². The fourth-order valence-corrected chi connectivity index (χ4v) is 3.58. The average Bonchev–Trinajstić information content (AvgIpc) is 2.59. The third kappa shape index (κ3) is 4.37. The van der Waals surface area contributed by atoms with Crippen LogP contribution in [0.2, 0.25) is 0 Å². The standard InChI is InChI=1S/C25H32N2/c1-16(2)12-20-13-19(17(3)4)15-23(27-20)18-8-9-21-22(25(5,6)7)10-11-26-24(21)14-18/h8-11,13-17H,12H2,1-7H3. The van der Waals surface area contributed by atoms with E-state index >= 15 is 0 Å². The Bertz CT molecular complexity index is 946. The molecule has 2 aromatic heterocycles. The lowest BCUT2D eigenvalue weighted by atomic mass is 9.84. The number of nitrogens with zero attached hydrogens (tertiary/aromatic N) is 2. The number of pyridine rings is 2. The second-order valence-electron chi connectivity index (χ2n) is 9.37. The lowest BCUT2D eigenvalue weighted by Crippen LogP contribution is -2.11. The third-order valence-corrected chi connectivity index (χ3v) is 5.03. The SMILES string of the molecule is CC(C)Cc1cc(C(C)C)cc(-c2ccc3c(C(C)(C)C)ccnc3c2)n1. The Morgan fingerprint density at radius 3 is 2.30 bits per heavy atom. The molecule has 1 aromatic carbocycles. The minimum atomic E-state index is 0.100. The van der Waals surface area contributed by atoms with Crippen molar-refractivity contribution in [3.63, 3.8) is 0 Å². The first kappa shape index (κ1) is 19.5. The van der Waals surface area contributed by atoms with E-state index < -0.39 is 0 Å². The van der Waals surface area contributed by atoms with Crippen LogP contribution in [0.4, 0.5) is 0 Å². The van der Waals surface area contributed by atoms with E-state index in [1.807, 2.05) is 6.20 Å². The summed E-state index contributed by atoms with van der Waals surface area (Å²) in [4.78, 5) is 9.62. The monoisotopic (exact) mass is 360 g/mol. The van der Waals surface area contributed by atoms with Crippen molar-refractivity contribution in [3.8, 4) is 11.3 Å². The number of rotatable bonds is 4. The lowest BCUT2D eigenvalue weighted by molar-refractivity contribution is 0.595. The molecule has 0 saturated carbocycles. The van der Waals surface area contributed by atoms with Gasteiger partial charge in [0.25, 0.3) is 0 Å². The zero-order chi connectivity index (χ0) is 19.8. The van der Waals surface area contributed by atoms with Gasteiger partial charge in [0.1, 0.15) is 0 Å². The van der Waals surface area contributed by atoms with Gasteiger partial charge in [-0.2, -0.15) is 0 Å². The van der Waals surface area contributed by atoms with Crippen LogP contribution in [-0.2, 0) is 11.8 Å². The maximum absolute atomic E-state index is 4.98. The maximum Gasteiger partial charge on any atom is 0.0711 e. The summed E-state index contributed by atoms with van der Waals surface area (Å²) in [6.45, 7) is 15.7. The number of hydrogen-bond donors (Lipinski definition) is 0. The van der Waals surface area contributed by atoms with Crippen molar-refractivity contribution in [3.05, 3.63) is 59.4 Å². The molecule has 0 aliphatic carbocycles. The van der Waals surface area contributed by atoms with Gasteiger partial charge in [0.15, 0.2) is 0 Å². The van der Waals surface area contributed by atoms with Crippen molar-refractivity contribution in [1.82, 2.24) is 9.97 Å². The molecule has 0 unspecified atom stereocenters. The Balaban J connectivity index is 2.13. The Morgan fingerprint density at radius 2 is 1.67 bits per heavy atom. The van der Waals surface area contributed by atoms with Gasteiger partial charge in [0.05, 0.1) is 11.2 Å². The maximum atomic E-state index is 4.98. The summed E-state index contributed by atoms with van der Waals surface area (Å²) >= 11 is 0. The number of aromatic nitrogens is 2. The fraction of sp³-hybridized carbons (Fsp3) is 0.440. The molecule has 0 amide bonds. The summed E-state index contributed by atoms with van der Waals surface area (Å²) in [6, 6.07) is 13.2. The summed E-state index contributed by atoms with van der Waals surface area (Å²) in [6.07, 6.45) is 2.93.